The van der Waals surface area contributed by atoms with Crippen molar-refractivity contribution in [2.45, 2.75) is 39.2 Å². The van der Waals surface area contributed by atoms with Crippen molar-refractivity contribution in [3.63, 3.8) is 0 Å². The molecule has 0 bridgehead atoms. The highest BCUT2D eigenvalue weighted by Crippen LogP contribution is 2.26. The lowest BCUT2D eigenvalue weighted by atomic mass is 10.1. The maximum Gasteiger partial charge on any atom is 0.262 e. The van der Waals surface area contributed by atoms with Gasteiger partial charge in [0, 0.05) is 29.7 Å². The minimum Gasteiger partial charge on any atom is -0.330 e. The number of unbranched alkanes of at least 4 members (excludes halogenated alkanes) is 1. The van der Waals surface area contributed by atoms with Gasteiger partial charge in [-0.3, -0.25) is 14.7 Å². The van der Waals surface area contributed by atoms with Crippen molar-refractivity contribution < 1.29 is 4.79 Å². The molecule has 0 saturated carbocycles. The average Bonchev–Trinajstić information content (AvgIpc) is 3.04. The quantitative estimate of drug-likeness (QED) is 0.447. The fourth-order valence-electron chi connectivity index (χ4n) is 3.29. The summed E-state index contributed by atoms with van der Waals surface area (Å²) in [4.78, 5) is 25.0. The van der Waals surface area contributed by atoms with Crippen LogP contribution in [0.1, 0.15) is 31.4 Å². The molecule has 0 aliphatic rings. The van der Waals surface area contributed by atoms with Crippen LogP contribution in [-0.2, 0) is 11.3 Å². The summed E-state index contributed by atoms with van der Waals surface area (Å²) in [6, 6.07) is 5.54. The lowest BCUT2D eigenvalue weighted by Crippen LogP contribution is -2.22. The summed E-state index contributed by atoms with van der Waals surface area (Å²) in [6.07, 6.45) is 2.72. The number of H-pyrrole nitrogens is 1. The summed E-state index contributed by atoms with van der Waals surface area (Å²) in [7, 11) is 0. The molecule has 2 aromatic heterocycles. The molecule has 2 heterocycles. The maximum atomic E-state index is 12.9. The second-order valence-corrected chi connectivity index (χ2v) is 6.70. The molecule has 0 spiro atoms. The van der Waals surface area contributed by atoms with Crippen molar-refractivity contribution in [3.8, 4) is 0 Å². The summed E-state index contributed by atoms with van der Waals surface area (Å²) in [6.45, 7) is 3.46. The summed E-state index contributed by atoms with van der Waals surface area (Å²) < 4.78 is 1.74. The fourth-order valence-corrected chi connectivity index (χ4v) is 3.29. The SMILES string of the molecule is Cc1[nH]nc2c1c(=O)n(CCCN)c1ccc(NC(=O)CCCCN)cc21. The second-order valence-electron chi connectivity index (χ2n) is 6.70. The molecule has 0 fully saturated rings. The first-order valence-electron chi connectivity index (χ1n) is 9.28. The molecular weight excluding hydrogens is 344 g/mol. The fraction of sp³-hybridized carbons (Fsp3) is 0.421. The number of fused-ring (bicyclic) bond motifs is 3. The summed E-state index contributed by atoms with van der Waals surface area (Å²) in [5, 5.41) is 11.5. The number of pyridine rings is 1. The Kier molecular flexibility index (Phi) is 5.88. The van der Waals surface area contributed by atoms with Crippen LogP contribution in [0, 0.1) is 6.92 Å². The Morgan fingerprint density at radius 3 is 2.74 bits per heavy atom. The number of amides is 1. The van der Waals surface area contributed by atoms with E-state index in [1.54, 1.807) is 4.57 Å². The number of rotatable bonds is 8. The highest BCUT2D eigenvalue weighted by Gasteiger charge is 2.16. The third-order valence-corrected chi connectivity index (χ3v) is 4.68. The van der Waals surface area contributed by atoms with E-state index < -0.39 is 0 Å². The monoisotopic (exact) mass is 370 g/mol. The number of carbonyl (C=O) groups excluding carboxylic acids is 1. The van der Waals surface area contributed by atoms with Gasteiger partial charge in [0.05, 0.1) is 10.9 Å². The van der Waals surface area contributed by atoms with E-state index in [9.17, 15) is 9.59 Å². The average molecular weight is 370 g/mol. The Balaban J connectivity index is 2.04. The molecule has 1 aromatic carbocycles. The number of nitrogens with one attached hydrogen (secondary N) is 2. The van der Waals surface area contributed by atoms with Gasteiger partial charge in [0.25, 0.3) is 5.56 Å². The van der Waals surface area contributed by atoms with E-state index in [0.29, 0.717) is 49.1 Å². The van der Waals surface area contributed by atoms with Crippen molar-refractivity contribution in [2.75, 3.05) is 18.4 Å². The van der Waals surface area contributed by atoms with Gasteiger partial charge in [0.2, 0.25) is 5.91 Å². The third-order valence-electron chi connectivity index (χ3n) is 4.68. The molecule has 0 radical (unpaired) electrons. The smallest absolute Gasteiger partial charge is 0.262 e. The maximum absolute atomic E-state index is 12.9. The predicted octanol–water partition coefficient (Wildman–Crippen LogP) is 1.60. The van der Waals surface area contributed by atoms with Crippen LogP contribution in [0.3, 0.4) is 0 Å². The number of aromatic nitrogens is 3. The normalized spacial score (nSPS) is 11.4. The van der Waals surface area contributed by atoms with Crippen molar-refractivity contribution >= 4 is 33.4 Å². The summed E-state index contributed by atoms with van der Waals surface area (Å²) in [5.41, 5.74) is 13.9. The minimum atomic E-state index is -0.0734. The van der Waals surface area contributed by atoms with Gasteiger partial charge in [-0.1, -0.05) is 0 Å². The van der Waals surface area contributed by atoms with E-state index in [1.807, 2.05) is 25.1 Å². The predicted molar refractivity (Wildman–Crippen MR) is 108 cm³/mol. The van der Waals surface area contributed by atoms with Gasteiger partial charge in [-0.25, -0.2) is 0 Å². The van der Waals surface area contributed by atoms with E-state index in [4.69, 9.17) is 11.5 Å². The number of anilines is 1. The summed E-state index contributed by atoms with van der Waals surface area (Å²) >= 11 is 0. The Hall–Kier alpha value is -2.71. The molecule has 1 amide bonds. The molecular formula is C19H26N6O2. The van der Waals surface area contributed by atoms with Crippen molar-refractivity contribution in [1.29, 1.82) is 0 Å². The molecule has 144 valence electrons. The van der Waals surface area contributed by atoms with Crippen molar-refractivity contribution in [1.82, 2.24) is 14.8 Å². The lowest BCUT2D eigenvalue weighted by Gasteiger charge is -2.12. The van der Waals surface area contributed by atoms with Gasteiger partial charge in [0.15, 0.2) is 0 Å². The number of hydrogen-bond acceptors (Lipinski definition) is 5. The Morgan fingerprint density at radius 1 is 1.22 bits per heavy atom. The van der Waals surface area contributed by atoms with Crippen LogP contribution in [0.15, 0.2) is 23.0 Å². The van der Waals surface area contributed by atoms with Crippen LogP contribution in [0.5, 0.6) is 0 Å². The number of nitrogens with two attached hydrogens (primary N) is 2. The molecule has 6 N–H and O–H groups in total. The van der Waals surface area contributed by atoms with Crippen molar-refractivity contribution in [3.05, 3.63) is 34.2 Å². The van der Waals surface area contributed by atoms with Gasteiger partial charge < -0.3 is 21.4 Å². The van der Waals surface area contributed by atoms with Gasteiger partial charge in [-0.2, -0.15) is 5.10 Å². The Labute approximate surface area is 156 Å². The van der Waals surface area contributed by atoms with Crippen LogP contribution >= 0.6 is 0 Å². The zero-order valence-electron chi connectivity index (χ0n) is 15.5. The van der Waals surface area contributed by atoms with Gasteiger partial charge >= 0.3 is 0 Å². The van der Waals surface area contributed by atoms with Crippen LogP contribution in [-0.4, -0.2) is 33.8 Å². The van der Waals surface area contributed by atoms with E-state index in [-0.39, 0.29) is 11.5 Å². The summed E-state index contributed by atoms with van der Waals surface area (Å²) in [5.74, 6) is -0.0475. The molecule has 0 atom stereocenters. The molecule has 0 unspecified atom stereocenters. The number of hydrogen-bond donors (Lipinski definition) is 4. The molecule has 3 rings (SSSR count). The molecule has 0 aliphatic heterocycles. The second kappa shape index (κ2) is 8.32. The standard InChI is InChI=1S/C19H26N6O2/c1-12-17-18(24-23-12)14-11-13(22-16(26)5-2-3-8-20)6-7-15(14)25(19(17)27)10-4-9-21/h6-7,11H,2-5,8-10,20-21H2,1H3,(H,22,26)(H,23,24). The number of benzene rings is 1. The highest BCUT2D eigenvalue weighted by molar-refractivity contribution is 6.06. The van der Waals surface area contributed by atoms with Crippen molar-refractivity contribution in [2.24, 2.45) is 11.5 Å². The van der Waals surface area contributed by atoms with Gasteiger partial charge in [-0.05, 0) is 57.5 Å². The number of aryl methyl sites for hydroxylation is 2. The molecule has 27 heavy (non-hydrogen) atoms. The van der Waals surface area contributed by atoms with Crippen LogP contribution in [0.2, 0.25) is 0 Å². The zero-order valence-corrected chi connectivity index (χ0v) is 15.5. The van der Waals surface area contributed by atoms with E-state index in [0.717, 1.165) is 29.4 Å². The lowest BCUT2D eigenvalue weighted by molar-refractivity contribution is -0.116. The minimum absolute atomic E-state index is 0.0475. The topological polar surface area (TPSA) is 132 Å². The highest BCUT2D eigenvalue weighted by atomic mass is 16.1. The van der Waals surface area contributed by atoms with Crippen LogP contribution < -0.4 is 22.3 Å². The Morgan fingerprint density at radius 2 is 2.00 bits per heavy atom. The molecule has 8 nitrogen and oxygen atoms in total. The third kappa shape index (κ3) is 3.86. The molecule has 3 aromatic rings. The number of aromatic amines is 1. The molecule has 0 aliphatic carbocycles. The zero-order chi connectivity index (χ0) is 19.4. The number of carbonyl (C=O) groups is 1. The molecule has 0 saturated heterocycles. The first kappa shape index (κ1) is 19.1. The van der Waals surface area contributed by atoms with Crippen LogP contribution in [0.4, 0.5) is 5.69 Å². The van der Waals surface area contributed by atoms with Gasteiger partial charge in [0.1, 0.15) is 5.52 Å². The molecule has 8 heteroatoms. The van der Waals surface area contributed by atoms with Crippen LogP contribution in [0.25, 0.3) is 21.8 Å². The van der Waals surface area contributed by atoms with E-state index >= 15 is 0 Å². The largest absolute Gasteiger partial charge is 0.330 e. The first-order chi connectivity index (χ1) is 13.1. The van der Waals surface area contributed by atoms with E-state index in [2.05, 4.69) is 15.5 Å². The van der Waals surface area contributed by atoms with Gasteiger partial charge in [-0.15, -0.1) is 0 Å². The van der Waals surface area contributed by atoms with E-state index in [1.165, 1.54) is 0 Å². The first-order valence-corrected chi connectivity index (χ1v) is 9.28. The Bertz CT molecular complexity index is 1020. The number of nitrogens with zero attached hydrogens (tertiary/aromatic N) is 2.